The Bertz CT molecular complexity index is 339. The van der Waals surface area contributed by atoms with E-state index in [0.29, 0.717) is 17.9 Å². The highest BCUT2D eigenvalue weighted by molar-refractivity contribution is 5.83. The number of benzene rings is 1. The number of nitrogens with zero attached hydrogens (tertiary/aromatic N) is 1. The molecule has 0 atom stereocenters. The predicted molar refractivity (Wildman–Crippen MR) is 58.6 cm³/mol. The zero-order chi connectivity index (χ0) is 11.1. The molecule has 1 aromatic rings. The number of unbranched alkanes of at least 4 members (excludes halogenated alkanes) is 1. The topological polar surface area (TPSA) is 47.6 Å². The fourth-order valence-electron chi connectivity index (χ4n) is 1.15. The molecule has 0 unspecified atom stereocenters. The lowest BCUT2D eigenvalue weighted by molar-refractivity contribution is 0.307. The summed E-state index contributed by atoms with van der Waals surface area (Å²) in [4.78, 5) is 0. The molecule has 1 aromatic carbocycles. The first kappa shape index (κ1) is 11.5. The zero-order valence-corrected chi connectivity index (χ0v) is 8.74. The van der Waals surface area contributed by atoms with Gasteiger partial charge in [0, 0.05) is 11.6 Å². The third-order valence-electron chi connectivity index (χ3n) is 1.94. The molecule has 0 aliphatic heterocycles. The maximum Gasteiger partial charge on any atom is 0.131 e. The summed E-state index contributed by atoms with van der Waals surface area (Å²) in [6.45, 7) is 2.64. The molecular formula is C11H15FN2O. The number of ether oxygens (including phenoxy) is 1. The van der Waals surface area contributed by atoms with Crippen molar-refractivity contribution < 1.29 is 9.13 Å². The van der Waals surface area contributed by atoms with Gasteiger partial charge in [0.2, 0.25) is 0 Å². The fraction of sp³-hybridized carbons (Fsp3) is 0.364. The Hall–Kier alpha value is -1.58. The third-order valence-corrected chi connectivity index (χ3v) is 1.94. The van der Waals surface area contributed by atoms with E-state index in [4.69, 9.17) is 10.6 Å². The standard InChI is InChI=1S/C11H15FN2O/c1-2-3-6-15-11-7-10(12)5-4-9(11)8-14-13/h4-5,7-8H,2-3,6,13H2,1H3. The van der Waals surface area contributed by atoms with Crippen LogP contribution in [-0.4, -0.2) is 12.8 Å². The summed E-state index contributed by atoms with van der Waals surface area (Å²) in [5, 5.41) is 3.40. The van der Waals surface area contributed by atoms with E-state index in [1.165, 1.54) is 18.3 Å². The van der Waals surface area contributed by atoms with Gasteiger partial charge in [0.1, 0.15) is 11.6 Å². The maximum atomic E-state index is 12.9. The average Bonchev–Trinajstić information content (AvgIpc) is 2.22. The van der Waals surface area contributed by atoms with Crippen LogP contribution in [0.2, 0.25) is 0 Å². The minimum absolute atomic E-state index is 0.323. The molecule has 3 nitrogen and oxygen atoms in total. The first-order valence-corrected chi connectivity index (χ1v) is 4.93. The van der Waals surface area contributed by atoms with E-state index in [-0.39, 0.29) is 5.82 Å². The van der Waals surface area contributed by atoms with Crippen molar-refractivity contribution in [3.05, 3.63) is 29.6 Å². The van der Waals surface area contributed by atoms with Gasteiger partial charge >= 0.3 is 0 Å². The lowest BCUT2D eigenvalue weighted by atomic mass is 10.2. The lowest BCUT2D eigenvalue weighted by Crippen LogP contribution is -2.00. The first-order valence-electron chi connectivity index (χ1n) is 4.93. The summed E-state index contributed by atoms with van der Waals surface area (Å²) in [5.41, 5.74) is 0.690. The van der Waals surface area contributed by atoms with Gasteiger partial charge in [-0.15, -0.1) is 0 Å². The predicted octanol–water partition coefficient (Wildman–Crippen LogP) is 2.30. The third kappa shape index (κ3) is 3.58. The van der Waals surface area contributed by atoms with Crippen molar-refractivity contribution >= 4 is 6.21 Å². The van der Waals surface area contributed by atoms with Crippen molar-refractivity contribution in [2.45, 2.75) is 19.8 Å². The monoisotopic (exact) mass is 210 g/mol. The van der Waals surface area contributed by atoms with Gasteiger partial charge in [0.05, 0.1) is 12.8 Å². The molecule has 15 heavy (non-hydrogen) atoms. The molecule has 0 aliphatic carbocycles. The van der Waals surface area contributed by atoms with E-state index < -0.39 is 0 Å². The summed E-state index contributed by atoms with van der Waals surface area (Å²) in [7, 11) is 0. The smallest absolute Gasteiger partial charge is 0.131 e. The van der Waals surface area contributed by atoms with Crippen molar-refractivity contribution in [2.75, 3.05) is 6.61 Å². The van der Waals surface area contributed by atoms with Crippen molar-refractivity contribution in [1.82, 2.24) is 0 Å². The van der Waals surface area contributed by atoms with E-state index in [2.05, 4.69) is 12.0 Å². The Labute approximate surface area is 88.7 Å². The summed E-state index contributed by atoms with van der Waals surface area (Å²) in [5.74, 6) is 5.20. The second-order valence-electron chi connectivity index (χ2n) is 3.16. The number of hydrazone groups is 1. The van der Waals surface area contributed by atoms with E-state index in [9.17, 15) is 4.39 Å². The largest absolute Gasteiger partial charge is 0.493 e. The molecule has 0 fully saturated rings. The van der Waals surface area contributed by atoms with Gasteiger partial charge in [0.25, 0.3) is 0 Å². The molecule has 0 aromatic heterocycles. The van der Waals surface area contributed by atoms with Crippen molar-refractivity contribution in [3.8, 4) is 5.75 Å². The molecule has 82 valence electrons. The Morgan fingerprint density at radius 3 is 3.00 bits per heavy atom. The van der Waals surface area contributed by atoms with Crippen LogP contribution >= 0.6 is 0 Å². The van der Waals surface area contributed by atoms with E-state index in [1.54, 1.807) is 6.07 Å². The molecule has 4 heteroatoms. The van der Waals surface area contributed by atoms with Gasteiger partial charge in [-0.25, -0.2) is 4.39 Å². The second-order valence-corrected chi connectivity index (χ2v) is 3.16. The quantitative estimate of drug-likeness (QED) is 0.351. The van der Waals surface area contributed by atoms with E-state index in [1.807, 2.05) is 0 Å². The highest BCUT2D eigenvalue weighted by Gasteiger charge is 2.03. The van der Waals surface area contributed by atoms with Crippen LogP contribution in [0.4, 0.5) is 4.39 Å². The molecule has 1 rings (SSSR count). The van der Waals surface area contributed by atoms with Gasteiger partial charge in [-0.2, -0.15) is 5.10 Å². The van der Waals surface area contributed by atoms with Gasteiger partial charge in [-0.3, -0.25) is 0 Å². The second kappa shape index (κ2) is 6.01. The minimum Gasteiger partial charge on any atom is -0.493 e. The Balaban J connectivity index is 2.77. The van der Waals surface area contributed by atoms with Crippen LogP contribution in [0.3, 0.4) is 0 Å². The lowest BCUT2D eigenvalue weighted by Gasteiger charge is -2.08. The molecule has 0 spiro atoms. The molecule has 0 saturated heterocycles. The highest BCUT2D eigenvalue weighted by atomic mass is 19.1. The normalized spacial score (nSPS) is 10.8. The summed E-state index contributed by atoms with van der Waals surface area (Å²) < 4.78 is 18.4. The van der Waals surface area contributed by atoms with Gasteiger partial charge < -0.3 is 10.6 Å². The van der Waals surface area contributed by atoms with Crippen LogP contribution in [0.15, 0.2) is 23.3 Å². The number of nitrogens with two attached hydrogens (primary N) is 1. The van der Waals surface area contributed by atoms with Crippen LogP contribution in [0.1, 0.15) is 25.3 Å². The van der Waals surface area contributed by atoms with Crippen LogP contribution in [0.25, 0.3) is 0 Å². The molecule has 2 N–H and O–H groups in total. The molecule has 0 radical (unpaired) electrons. The summed E-state index contributed by atoms with van der Waals surface area (Å²) >= 11 is 0. The maximum absolute atomic E-state index is 12.9. The molecule has 0 saturated carbocycles. The van der Waals surface area contributed by atoms with Crippen LogP contribution in [0, 0.1) is 5.82 Å². The van der Waals surface area contributed by atoms with E-state index in [0.717, 1.165) is 12.8 Å². The van der Waals surface area contributed by atoms with Crippen molar-refractivity contribution in [2.24, 2.45) is 10.9 Å². The van der Waals surface area contributed by atoms with Crippen molar-refractivity contribution in [1.29, 1.82) is 0 Å². The zero-order valence-electron chi connectivity index (χ0n) is 8.74. The number of hydrogen-bond donors (Lipinski definition) is 1. The first-order chi connectivity index (χ1) is 7.27. The SMILES string of the molecule is CCCCOc1cc(F)ccc1C=NN. The Morgan fingerprint density at radius 2 is 2.33 bits per heavy atom. The Morgan fingerprint density at radius 1 is 1.53 bits per heavy atom. The van der Waals surface area contributed by atoms with E-state index >= 15 is 0 Å². The number of halogens is 1. The van der Waals surface area contributed by atoms with Crippen LogP contribution < -0.4 is 10.6 Å². The minimum atomic E-state index is -0.323. The molecule has 0 heterocycles. The molecule has 0 amide bonds. The van der Waals surface area contributed by atoms with Crippen LogP contribution in [0.5, 0.6) is 5.75 Å². The molecule has 0 bridgehead atoms. The fourth-order valence-corrected chi connectivity index (χ4v) is 1.15. The molecular weight excluding hydrogens is 195 g/mol. The van der Waals surface area contributed by atoms with Crippen LogP contribution in [-0.2, 0) is 0 Å². The summed E-state index contributed by atoms with van der Waals surface area (Å²) in [6.07, 6.45) is 3.42. The highest BCUT2D eigenvalue weighted by Crippen LogP contribution is 2.18. The number of hydrogen-bond acceptors (Lipinski definition) is 3. The number of rotatable bonds is 5. The molecule has 0 aliphatic rings. The van der Waals surface area contributed by atoms with Gasteiger partial charge in [0.15, 0.2) is 0 Å². The summed E-state index contributed by atoms with van der Waals surface area (Å²) in [6, 6.07) is 4.28. The Kier molecular flexibility index (Phi) is 4.60. The van der Waals surface area contributed by atoms with Crippen molar-refractivity contribution in [3.63, 3.8) is 0 Å². The van der Waals surface area contributed by atoms with Gasteiger partial charge in [-0.05, 0) is 18.6 Å². The average molecular weight is 210 g/mol. The van der Waals surface area contributed by atoms with Gasteiger partial charge in [-0.1, -0.05) is 13.3 Å².